The van der Waals surface area contributed by atoms with Gasteiger partial charge in [0.1, 0.15) is 17.5 Å². The van der Waals surface area contributed by atoms with Crippen molar-refractivity contribution < 1.29 is 19.1 Å². The summed E-state index contributed by atoms with van der Waals surface area (Å²) in [6.45, 7) is 4.81. The third-order valence-electron chi connectivity index (χ3n) is 6.44. The number of hydrogen-bond acceptors (Lipinski definition) is 5. The first kappa shape index (κ1) is 27.2. The lowest BCUT2D eigenvalue weighted by Gasteiger charge is -2.27. The Kier molecular flexibility index (Phi) is 10.1. The fourth-order valence-electron chi connectivity index (χ4n) is 4.26. The smallest absolute Gasteiger partial charge is 0.322 e. The van der Waals surface area contributed by atoms with E-state index in [9.17, 15) is 9.59 Å². The SMILES string of the molecule is CN(C(=O)N[C@@H](Cc1ccccc1)C(=O)NCCCN1CCOCC1)c1cccc(Oc2ccccc2)c1. The number of morpholine rings is 1. The summed E-state index contributed by atoms with van der Waals surface area (Å²) in [6, 6.07) is 25.4. The van der Waals surface area contributed by atoms with Crippen LogP contribution in [0.1, 0.15) is 12.0 Å². The third-order valence-corrected chi connectivity index (χ3v) is 6.44. The predicted molar refractivity (Wildman–Crippen MR) is 149 cm³/mol. The minimum atomic E-state index is -0.709. The first-order valence-electron chi connectivity index (χ1n) is 13.1. The number of amides is 3. The minimum Gasteiger partial charge on any atom is -0.457 e. The molecule has 1 saturated heterocycles. The van der Waals surface area contributed by atoms with Crippen LogP contribution in [0, 0.1) is 0 Å². The fraction of sp³-hybridized carbons (Fsp3) is 0.333. The molecular weight excluding hydrogens is 480 g/mol. The highest BCUT2D eigenvalue weighted by atomic mass is 16.5. The standard InChI is InChI=1S/C30H36N4O4/c1-33(25-12-8-15-27(23-25)38-26-13-6-3-7-14-26)30(36)32-28(22-24-10-4-2-5-11-24)29(35)31-16-9-17-34-18-20-37-21-19-34/h2-8,10-15,23,28H,9,16-22H2,1H3,(H,31,35)(H,32,36)/t28-/m0/s1. The normalized spacial score (nSPS) is 14.3. The van der Waals surface area contributed by atoms with Crippen molar-refractivity contribution in [2.45, 2.75) is 18.9 Å². The van der Waals surface area contributed by atoms with E-state index >= 15 is 0 Å². The van der Waals surface area contributed by atoms with Crippen LogP contribution in [-0.2, 0) is 16.0 Å². The lowest BCUT2D eigenvalue weighted by molar-refractivity contribution is -0.122. The van der Waals surface area contributed by atoms with Gasteiger partial charge in [-0.2, -0.15) is 0 Å². The molecule has 1 aliphatic heterocycles. The second-order valence-electron chi connectivity index (χ2n) is 9.26. The van der Waals surface area contributed by atoms with Crippen molar-refractivity contribution in [1.82, 2.24) is 15.5 Å². The zero-order chi connectivity index (χ0) is 26.6. The van der Waals surface area contributed by atoms with Crippen LogP contribution in [0.3, 0.4) is 0 Å². The summed E-state index contributed by atoms with van der Waals surface area (Å²) >= 11 is 0. The zero-order valence-corrected chi connectivity index (χ0v) is 21.8. The summed E-state index contributed by atoms with van der Waals surface area (Å²) in [5.74, 6) is 1.14. The van der Waals surface area contributed by atoms with E-state index in [0.29, 0.717) is 30.2 Å². The molecular formula is C30H36N4O4. The van der Waals surface area contributed by atoms with E-state index < -0.39 is 6.04 Å². The van der Waals surface area contributed by atoms with Gasteiger partial charge in [-0.15, -0.1) is 0 Å². The van der Waals surface area contributed by atoms with E-state index in [2.05, 4.69) is 15.5 Å². The van der Waals surface area contributed by atoms with E-state index in [4.69, 9.17) is 9.47 Å². The quantitative estimate of drug-likeness (QED) is 0.376. The Labute approximate surface area is 224 Å². The van der Waals surface area contributed by atoms with Gasteiger partial charge in [-0.1, -0.05) is 54.6 Å². The van der Waals surface area contributed by atoms with Crippen molar-refractivity contribution in [3.05, 3.63) is 90.5 Å². The van der Waals surface area contributed by atoms with Crippen LogP contribution in [0.4, 0.5) is 10.5 Å². The number of carbonyl (C=O) groups excluding carboxylic acids is 2. The van der Waals surface area contributed by atoms with E-state index in [1.165, 1.54) is 4.90 Å². The summed E-state index contributed by atoms with van der Waals surface area (Å²) in [7, 11) is 1.68. The van der Waals surface area contributed by atoms with Crippen LogP contribution >= 0.6 is 0 Å². The number of hydrogen-bond donors (Lipinski definition) is 2. The van der Waals surface area contributed by atoms with Gasteiger partial charge >= 0.3 is 6.03 Å². The second kappa shape index (κ2) is 14.2. The van der Waals surface area contributed by atoms with Gasteiger partial charge in [-0.25, -0.2) is 4.79 Å². The molecule has 8 heteroatoms. The molecule has 1 heterocycles. The highest BCUT2D eigenvalue weighted by Crippen LogP contribution is 2.25. The number of ether oxygens (including phenoxy) is 2. The predicted octanol–water partition coefficient (Wildman–Crippen LogP) is 4.07. The highest BCUT2D eigenvalue weighted by molar-refractivity contribution is 5.95. The van der Waals surface area contributed by atoms with Crippen molar-refractivity contribution in [3.63, 3.8) is 0 Å². The lowest BCUT2D eigenvalue weighted by atomic mass is 10.1. The van der Waals surface area contributed by atoms with Crippen LogP contribution in [0.15, 0.2) is 84.9 Å². The average Bonchev–Trinajstić information content (AvgIpc) is 2.96. The van der Waals surface area contributed by atoms with Gasteiger partial charge in [-0.05, 0) is 42.8 Å². The van der Waals surface area contributed by atoms with E-state index in [-0.39, 0.29) is 11.9 Å². The molecule has 2 N–H and O–H groups in total. The largest absolute Gasteiger partial charge is 0.457 e. The van der Waals surface area contributed by atoms with Gasteiger partial charge in [0, 0.05) is 44.9 Å². The molecule has 3 aromatic rings. The number of nitrogens with one attached hydrogen (secondary N) is 2. The molecule has 0 saturated carbocycles. The van der Waals surface area contributed by atoms with Crippen LogP contribution < -0.4 is 20.3 Å². The number of carbonyl (C=O) groups is 2. The number of benzene rings is 3. The van der Waals surface area contributed by atoms with Crippen molar-refractivity contribution in [2.75, 3.05) is 51.3 Å². The molecule has 0 radical (unpaired) electrons. The number of nitrogens with zero attached hydrogens (tertiary/aromatic N) is 2. The lowest BCUT2D eigenvalue weighted by Crippen LogP contribution is -2.52. The molecule has 1 atom stereocenters. The molecule has 4 rings (SSSR count). The number of para-hydroxylation sites is 1. The van der Waals surface area contributed by atoms with Crippen molar-refractivity contribution in [3.8, 4) is 11.5 Å². The van der Waals surface area contributed by atoms with Gasteiger partial charge in [0.2, 0.25) is 5.91 Å². The molecule has 1 aliphatic rings. The molecule has 0 aliphatic carbocycles. The molecule has 0 unspecified atom stereocenters. The third kappa shape index (κ3) is 8.33. The van der Waals surface area contributed by atoms with Crippen LogP contribution in [-0.4, -0.2) is 69.3 Å². The van der Waals surface area contributed by atoms with Crippen molar-refractivity contribution in [1.29, 1.82) is 0 Å². The topological polar surface area (TPSA) is 83.1 Å². The first-order valence-corrected chi connectivity index (χ1v) is 13.1. The van der Waals surface area contributed by atoms with E-state index in [0.717, 1.165) is 44.8 Å². The Hall–Kier alpha value is -3.88. The Morgan fingerprint density at radius 2 is 1.63 bits per heavy atom. The van der Waals surface area contributed by atoms with E-state index in [1.54, 1.807) is 13.1 Å². The summed E-state index contributed by atoms with van der Waals surface area (Å²) < 4.78 is 11.3. The molecule has 8 nitrogen and oxygen atoms in total. The van der Waals surface area contributed by atoms with Gasteiger partial charge in [0.15, 0.2) is 0 Å². The van der Waals surface area contributed by atoms with Gasteiger partial charge < -0.3 is 20.1 Å². The monoisotopic (exact) mass is 516 g/mol. The fourth-order valence-corrected chi connectivity index (χ4v) is 4.26. The Balaban J connectivity index is 1.36. The highest BCUT2D eigenvalue weighted by Gasteiger charge is 2.23. The van der Waals surface area contributed by atoms with Gasteiger partial charge in [0.25, 0.3) is 0 Å². The molecule has 0 aromatic heterocycles. The van der Waals surface area contributed by atoms with Gasteiger partial charge in [0.05, 0.1) is 13.2 Å². The van der Waals surface area contributed by atoms with Crippen LogP contribution in [0.2, 0.25) is 0 Å². The maximum atomic E-state index is 13.2. The molecule has 0 spiro atoms. The number of anilines is 1. The Morgan fingerprint density at radius 1 is 0.947 bits per heavy atom. The summed E-state index contributed by atoms with van der Waals surface area (Å²) in [5.41, 5.74) is 1.63. The van der Waals surface area contributed by atoms with Crippen molar-refractivity contribution in [2.24, 2.45) is 0 Å². The summed E-state index contributed by atoms with van der Waals surface area (Å²) in [5, 5.41) is 5.94. The molecule has 3 aromatic carbocycles. The first-order chi connectivity index (χ1) is 18.6. The minimum absolute atomic E-state index is 0.196. The van der Waals surface area contributed by atoms with Crippen LogP contribution in [0.5, 0.6) is 11.5 Å². The molecule has 200 valence electrons. The Morgan fingerprint density at radius 3 is 2.37 bits per heavy atom. The maximum absolute atomic E-state index is 13.2. The zero-order valence-electron chi connectivity index (χ0n) is 21.8. The number of rotatable bonds is 11. The molecule has 3 amide bonds. The average molecular weight is 517 g/mol. The Bertz CT molecular complexity index is 1150. The van der Waals surface area contributed by atoms with E-state index in [1.807, 2.05) is 78.9 Å². The van der Waals surface area contributed by atoms with Crippen LogP contribution in [0.25, 0.3) is 0 Å². The second-order valence-corrected chi connectivity index (χ2v) is 9.26. The summed E-state index contributed by atoms with van der Waals surface area (Å²) in [6.07, 6.45) is 1.23. The van der Waals surface area contributed by atoms with Gasteiger partial charge in [-0.3, -0.25) is 14.6 Å². The van der Waals surface area contributed by atoms with Crippen molar-refractivity contribution >= 4 is 17.6 Å². The maximum Gasteiger partial charge on any atom is 0.322 e. The molecule has 38 heavy (non-hydrogen) atoms. The molecule has 0 bridgehead atoms. The number of urea groups is 1. The summed E-state index contributed by atoms with van der Waals surface area (Å²) in [4.78, 5) is 30.2. The molecule has 1 fully saturated rings.